The van der Waals surface area contributed by atoms with E-state index in [0.29, 0.717) is 11.0 Å². The second kappa shape index (κ2) is 7.81. The molecule has 24 heavy (non-hydrogen) atoms. The lowest BCUT2D eigenvalue weighted by atomic mass is 9.93. The van der Waals surface area contributed by atoms with Crippen LogP contribution in [0.4, 0.5) is 5.13 Å². The van der Waals surface area contributed by atoms with Crippen molar-refractivity contribution in [2.45, 2.75) is 39.7 Å². The van der Waals surface area contributed by atoms with Crippen LogP contribution < -0.4 is 5.32 Å². The molecule has 0 aromatic carbocycles. The Balaban J connectivity index is 1.55. The lowest BCUT2D eigenvalue weighted by molar-refractivity contribution is -0.114. The average molecular weight is 345 g/mol. The summed E-state index contributed by atoms with van der Waals surface area (Å²) in [5, 5.41) is 3.43. The molecule has 1 aliphatic rings. The first-order valence-corrected chi connectivity index (χ1v) is 9.12. The van der Waals surface area contributed by atoms with Crippen LogP contribution in [0.15, 0.2) is 18.6 Å². The van der Waals surface area contributed by atoms with Crippen LogP contribution >= 0.6 is 11.3 Å². The van der Waals surface area contributed by atoms with Gasteiger partial charge in [-0.15, -0.1) is 11.3 Å². The maximum atomic E-state index is 11.1. The first kappa shape index (κ1) is 17.0. The Morgan fingerprint density at radius 1 is 1.42 bits per heavy atom. The second-order valence-corrected chi connectivity index (χ2v) is 7.53. The molecule has 128 valence electrons. The Morgan fingerprint density at radius 2 is 2.29 bits per heavy atom. The molecule has 0 spiro atoms. The van der Waals surface area contributed by atoms with Gasteiger partial charge in [0.2, 0.25) is 5.91 Å². The number of hydrogen-bond acceptors (Lipinski definition) is 6. The zero-order valence-electron chi connectivity index (χ0n) is 14.2. The Kier molecular flexibility index (Phi) is 5.52. The molecule has 0 saturated carbocycles. The lowest BCUT2D eigenvalue weighted by Crippen LogP contribution is -2.35. The minimum absolute atomic E-state index is 0.0749. The van der Waals surface area contributed by atoms with Crippen molar-refractivity contribution in [2.24, 2.45) is 5.92 Å². The summed E-state index contributed by atoms with van der Waals surface area (Å²) in [6.07, 6.45) is 7.00. The van der Waals surface area contributed by atoms with Crippen molar-refractivity contribution < 1.29 is 4.79 Å². The lowest BCUT2D eigenvalue weighted by Gasteiger charge is -2.32. The van der Waals surface area contributed by atoms with Gasteiger partial charge in [0.25, 0.3) is 0 Å². The van der Waals surface area contributed by atoms with E-state index in [1.54, 1.807) is 17.7 Å². The number of aromatic nitrogens is 3. The molecule has 6 nitrogen and oxygen atoms in total. The Bertz CT molecular complexity index is 702. The molecule has 0 unspecified atom stereocenters. The number of hydrogen-bond donors (Lipinski definition) is 1. The molecule has 1 amide bonds. The fourth-order valence-corrected chi connectivity index (χ4v) is 4.09. The molecular formula is C17H23N5OS. The normalized spacial score (nSPS) is 18.5. The summed E-state index contributed by atoms with van der Waals surface area (Å²) in [4.78, 5) is 27.6. The number of likely N-dealkylation sites (tertiary alicyclic amines) is 1. The van der Waals surface area contributed by atoms with Gasteiger partial charge >= 0.3 is 0 Å². The highest BCUT2D eigenvalue weighted by Crippen LogP contribution is 2.24. The highest BCUT2D eigenvalue weighted by molar-refractivity contribution is 7.15. The zero-order chi connectivity index (χ0) is 16.9. The van der Waals surface area contributed by atoms with Gasteiger partial charge in [-0.1, -0.05) is 0 Å². The van der Waals surface area contributed by atoms with Crippen LogP contribution in [-0.4, -0.2) is 38.8 Å². The van der Waals surface area contributed by atoms with Crippen LogP contribution in [0.1, 0.15) is 36.0 Å². The smallest absolute Gasteiger partial charge is 0.223 e. The molecule has 2 aromatic heterocycles. The number of piperidine rings is 1. The summed E-state index contributed by atoms with van der Waals surface area (Å²) >= 11 is 1.56. The van der Waals surface area contributed by atoms with Gasteiger partial charge in [-0.2, -0.15) is 0 Å². The van der Waals surface area contributed by atoms with Gasteiger partial charge < -0.3 is 5.32 Å². The van der Waals surface area contributed by atoms with Crippen LogP contribution in [-0.2, 0) is 17.8 Å². The van der Waals surface area contributed by atoms with E-state index in [0.717, 1.165) is 37.4 Å². The molecule has 1 aliphatic heterocycles. The van der Waals surface area contributed by atoms with Gasteiger partial charge in [0.1, 0.15) is 6.33 Å². The number of nitrogens with zero attached hydrogens (tertiary/aromatic N) is 4. The van der Waals surface area contributed by atoms with Crippen molar-refractivity contribution in [3.8, 4) is 0 Å². The summed E-state index contributed by atoms with van der Waals surface area (Å²) < 4.78 is 0. The van der Waals surface area contributed by atoms with Gasteiger partial charge in [0.15, 0.2) is 5.13 Å². The molecule has 0 bridgehead atoms. The van der Waals surface area contributed by atoms with Crippen molar-refractivity contribution in [3.63, 3.8) is 0 Å². The monoisotopic (exact) mass is 345 g/mol. The van der Waals surface area contributed by atoms with Gasteiger partial charge in [-0.3, -0.25) is 9.69 Å². The molecule has 1 atom stereocenters. The molecule has 7 heteroatoms. The number of nitrogens with one attached hydrogen (secondary N) is 1. The minimum Gasteiger partial charge on any atom is -0.302 e. The van der Waals surface area contributed by atoms with Crippen molar-refractivity contribution in [3.05, 3.63) is 34.9 Å². The van der Waals surface area contributed by atoms with E-state index in [1.165, 1.54) is 24.6 Å². The van der Waals surface area contributed by atoms with Crippen molar-refractivity contribution in [1.82, 2.24) is 19.9 Å². The summed E-state index contributed by atoms with van der Waals surface area (Å²) in [7, 11) is 0. The van der Waals surface area contributed by atoms with Crippen LogP contribution in [0.2, 0.25) is 0 Å². The Morgan fingerprint density at radius 3 is 3.08 bits per heavy atom. The van der Waals surface area contributed by atoms with Crippen LogP contribution in [0, 0.1) is 12.8 Å². The van der Waals surface area contributed by atoms with Gasteiger partial charge in [0, 0.05) is 42.5 Å². The molecule has 2 aromatic rings. The average Bonchev–Trinajstić information content (AvgIpc) is 2.94. The van der Waals surface area contributed by atoms with Gasteiger partial charge in [-0.25, -0.2) is 15.0 Å². The fourth-order valence-electron chi connectivity index (χ4n) is 3.19. The summed E-state index contributed by atoms with van der Waals surface area (Å²) in [6, 6.07) is 2.09. The molecule has 3 heterocycles. The standard InChI is InChI=1S/C17H23N5OS/c1-12-6-15(20-11-19-12)7-14-4-3-5-22(9-14)10-16-8-18-17(24-16)21-13(2)23/h6,8,11,14H,3-5,7,9-10H2,1-2H3,(H,18,21,23)/t14-/m1/s1. The van der Waals surface area contributed by atoms with E-state index < -0.39 is 0 Å². The molecule has 1 saturated heterocycles. The van der Waals surface area contributed by atoms with E-state index in [-0.39, 0.29) is 5.91 Å². The number of anilines is 1. The van der Waals surface area contributed by atoms with Crippen molar-refractivity contribution >= 4 is 22.4 Å². The summed E-state index contributed by atoms with van der Waals surface area (Å²) in [5.74, 6) is 0.560. The minimum atomic E-state index is -0.0749. The predicted octanol–water partition coefficient (Wildman–Crippen LogP) is 2.65. The van der Waals surface area contributed by atoms with E-state index in [1.807, 2.05) is 13.1 Å². The van der Waals surface area contributed by atoms with Crippen LogP contribution in [0.25, 0.3) is 0 Å². The Labute approximate surface area is 146 Å². The summed E-state index contributed by atoms with van der Waals surface area (Å²) in [6.45, 7) is 6.61. The van der Waals surface area contributed by atoms with E-state index >= 15 is 0 Å². The summed E-state index contributed by atoms with van der Waals surface area (Å²) in [5.41, 5.74) is 2.17. The second-order valence-electron chi connectivity index (χ2n) is 6.41. The number of aryl methyl sites for hydroxylation is 1. The molecule has 0 aliphatic carbocycles. The SMILES string of the molecule is CC(=O)Nc1ncc(CN2CCC[C@H](Cc3cc(C)ncn3)C2)s1. The zero-order valence-corrected chi connectivity index (χ0v) is 15.0. The number of rotatable bonds is 5. The topological polar surface area (TPSA) is 71.0 Å². The molecule has 1 fully saturated rings. The predicted molar refractivity (Wildman–Crippen MR) is 94.9 cm³/mol. The maximum Gasteiger partial charge on any atom is 0.223 e. The highest BCUT2D eigenvalue weighted by Gasteiger charge is 2.21. The van der Waals surface area contributed by atoms with E-state index in [4.69, 9.17) is 0 Å². The van der Waals surface area contributed by atoms with E-state index in [9.17, 15) is 4.79 Å². The van der Waals surface area contributed by atoms with Crippen LogP contribution in [0.5, 0.6) is 0 Å². The van der Waals surface area contributed by atoms with E-state index in [2.05, 4.69) is 31.2 Å². The first-order chi connectivity index (χ1) is 11.6. The molecule has 3 rings (SSSR count). The van der Waals surface area contributed by atoms with Gasteiger partial charge in [0.05, 0.1) is 0 Å². The number of carbonyl (C=O) groups is 1. The largest absolute Gasteiger partial charge is 0.302 e. The van der Waals surface area contributed by atoms with Crippen molar-refractivity contribution in [1.29, 1.82) is 0 Å². The number of carbonyl (C=O) groups excluding carboxylic acids is 1. The molecule has 0 radical (unpaired) electrons. The third-order valence-corrected chi connectivity index (χ3v) is 5.07. The van der Waals surface area contributed by atoms with Gasteiger partial charge in [-0.05, 0) is 44.7 Å². The molecule has 1 N–H and O–H groups in total. The number of thiazole rings is 1. The maximum absolute atomic E-state index is 11.1. The van der Waals surface area contributed by atoms with Crippen LogP contribution in [0.3, 0.4) is 0 Å². The Hall–Kier alpha value is -1.86. The van der Waals surface area contributed by atoms with Crippen molar-refractivity contribution in [2.75, 3.05) is 18.4 Å². The first-order valence-electron chi connectivity index (χ1n) is 8.30. The highest BCUT2D eigenvalue weighted by atomic mass is 32.1. The fraction of sp³-hybridized carbons (Fsp3) is 0.529. The third-order valence-electron chi connectivity index (χ3n) is 4.18. The number of amides is 1. The molecular weight excluding hydrogens is 322 g/mol. The quantitative estimate of drug-likeness (QED) is 0.902. The third kappa shape index (κ3) is 4.82.